The standard InChI is InChI=1S/C25H24N8O5S4/c1-38-30-16(19-29-24(26)42-31-19)20(34)28-17-21(35)33-18(23(36)37)13(9-39-22(17)33)10-40-25-27-14(11-41-25)8-32-7-3-5-12-4-2-6-15(12)32/h3,5,7,11,17,22H,2,4,6,8-10H2,1H3,(H3-,26,28,29,31,34,36,37)/b30-16-/t17-,22?/m1/s1. The van der Waals surface area contributed by atoms with E-state index in [4.69, 9.17) is 15.6 Å². The molecule has 0 aromatic carbocycles. The summed E-state index contributed by atoms with van der Waals surface area (Å²) < 4.78 is 7.03. The number of aliphatic carboxylic acids is 1. The van der Waals surface area contributed by atoms with Crippen LogP contribution in [0.5, 0.6) is 0 Å². The molecule has 3 aromatic rings. The van der Waals surface area contributed by atoms with Gasteiger partial charge in [0.1, 0.15) is 24.2 Å². The van der Waals surface area contributed by atoms with Gasteiger partial charge in [0.05, 0.1) is 11.7 Å². The van der Waals surface area contributed by atoms with Gasteiger partial charge in [0, 0.05) is 46.5 Å². The van der Waals surface area contributed by atoms with Crippen molar-refractivity contribution in [1.29, 1.82) is 0 Å². The number of hydrogen-bond donors (Lipinski definition) is 2. The van der Waals surface area contributed by atoms with E-state index < -0.39 is 29.2 Å². The zero-order chi connectivity index (χ0) is 29.4. The average molecular weight is 645 g/mol. The normalized spacial score (nSPS) is 19.8. The number of carboxylic acids is 1. The summed E-state index contributed by atoms with van der Waals surface area (Å²) in [5.41, 5.74) is 9.47. The molecule has 2 amide bonds. The number of nitrogens with zero attached hydrogens (tertiary/aromatic N) is 6. The molecule has 1 saturated heterocycles. The number of nitrogen functional groups attached to an aromatic ring is 1. The Morgan fingerprint density at radius 1 is 1.36 bits per heavy atom. The van der Waals surface area contributed by atoms with Gasteiger partial charge >= 0.3 is 0 Å². The van der Waals surface area contributed by atoms with E-state index in [0.717, 1.165) is 34.4 Å². The van der Waals surface area contributed by atoms with Crippen LogP contribution in [-0.4, -0.2) is 72.8 Å². The number of rotatable bonds is 10. The molecule has 2 atom stereocenters. The summed E-state index contributed by atoms with van der Waals surface area (Å²) in [6, 6.07) is 3.28. The van der Waals surface area contributed by atoms with Gasteiger partial charge in [0.25, 0.3) is 11.8 Å². The van der Waals surface area contributed by atoms with Crippen LogP contribution in [0, 0.1) is 0 Å². The van der Waals surface area contributed by atoms with Crippen molar-refractivity contribution in [2.75, 3.05) is 24.3 Å². The number of aryl methyl sites for hydroxylation is 1. The fourth-order valence-corrected chi connectivity index (χ4v) is 8.86. The highest BCUT2D eigenvalue weighted by molar-refractivity contribution is 8.01. The molecule has 1 unspecified atom stereocenters. The smallest absolute Gasteiger partial charge is 0.278 e. The average Bonchev–Trinajstić information content (AvgIpc) is 3.74. The van der Waals surface area contributed by atoms with Crippen molar-refractivity contribution < 1.29 is 28.9 Å². The monoisotopic (exact) mass is 644 g/mol. The molecule has 0 saturated carbocycles. The number of anilines is 1. The molecule has 3 aliphatic rings. The first-order chi connectivity index (χ1) is 20.3. The molecule has 17 heteroatoms. The van der Waals surface area contributed by atoms with Gasteiger partial charge in [0.2, 0.25) is 11.5 Å². The number of carboxylic acid groups (broad SMARTS) is 1. The Morgan fingerprint density at radius 3 is 2.98 bits per heavy atom. The van der Waals surface area contributed by atoms with E-state index >= 15 is 0 Å². The van der Waals surface area contributed by atoms with Crippen LogP contribution in [0.25, 0.3) is 0 Å². The van der Waals surface area contributed by atoms with E-state index in [9.17, 15) is 19.5 Å². The zero-order valence-electron chi connectivity index (χ0n) is 22.1. The topological polar surface area (TPSA) is 180 Å². The van der Waals surface area contributed by atoms with Gasteiger partial charge in [-0.05, 0) is 24.5 Å². The molecule has 13 nitrogen and oxygen atoms in total. The number of pyridine rings is 1. The molecular weight excluding hydrogens is 621 g/mol. The molecule has 5 heterocycles. The van der Waals surface area contributed by atoms with Crippen molar-refractivity contribution in [2.45, 2.75) is 41.6 Å². The number of thioether (sulfide) groups is 2. The summed E-state index contributed by atoms with van der Waals surface area (Å²) in [5.74, 6) is -2.09. The molecule has 6 rings (SSSR count). The van der Waals surface area contributed by atoms with Crippen molar-refractivity contribution in [1.82, 2.24) is 24.6 Å². The highest BCUT2D eigenvalue weighted by atomic mass is 32.2. The lowest BCUT2D eigenvalue weighted by atomic mass is 10.0. The molecule has 0 bridgehead atoms. The lowest BCUT2D eigenvalue weighted by Crippen LogP contribution is -2.71. The van der Waals surface area contributed by atoms with E-state index in [2.05, 4.69) is 42.7 Å². The van der Waals surface area contributed by atoms with Crippen molar-refractivity contribution in [2.24, 2.45) is 5.16 Å². The minimum Gasteiger partial charge on any atom is -0.543 e. The molecule has 218 valence electrons. The Morgan fingerprint density at radius 2 is 2.21 bits per heavy atom. The van der Waals surface area contributed by atoms with Crippen molar-refractivity contribution >= 4 is 75.0 Å². The number of nitrogens with one attached hydrogen (secondary N) is 1. The first kappa shape index (κ1) is 28.6. The van der Waals surface area contributed by atoms with E-state index in [1.165, 1.54) is 64.5 Å². The van der Waals surface area contributed by atoms with E-state index in [1.54, 1.807) is 0 Å². The second kappa shape index (κ2) is 12.0. The summed E-state index contributed by atoms with van der Waals surface area (Å²) in [7, 11) is 1.26. The van der Waals surface area contributed by atoms with Crippen LogP contribution in [0.4, 0.5) is 5.13 Å². The Bertz CT molecular complexity index is 1640. The van der Waals surface area contributed by atoms with Crippen LogP contribution in [0.2, 0.25) is 0 Å². The Balaban J connectivity index is 1.11. The summed E-state index contributed by atoms with van der Waals surface area (Å²) >= 11 is 5.18. The molecular formula is C25H24N8O5S4. The second-order valence-electron chi connectivity index (χ2n) is 9.53. The van der Waals surface area contributed by atoms with Crippen LogP contribution in [-0.2, 0) is 38.6 Å². The van der Waals surface area contributed by atoms with Crippen LogP contribution in [0.3, 0.4) is 0 Å². The molecule has 0 spiro atoms. The van der Waals surface area contributed by atoms with E-state index in [-0.39, 0.29) is 22.4 Å². The number of fused-ring (bicyclic) bond motifs is 2. The third-order valence-corrected chi connectivity index (χ3v) is 11.0. The molecule has 1 aliphatic carbocycles. The number of hydrogen-bond acceptors (Lipinski definition) is 14. The van der Waals surface area contributed by atoms with Crippen LogP contribution < -0.4 is 20.7 Å². The van der Waals surface area contributed by atoms with Crippen molar-refractivity contribution in [3.63, 3.8) is 0 Å². The molecule has 42 heavy (non-hydrogen) atoms. The number of thiazole rings is 1. The second-order valence-corrected chi connectivity index (χ2v) is 13.5. The SMILES string of the molecule is CO/N=C(\C(=O)N[C@@H]1C(=O)N2C(C(=O)[O-])=C(CSc3nc(C[n+]4cccc5c4CCC5)cs3)CSC12)c1nsc(N)n1. The van der Waals surface area contributed by atoms with Gasteiger partial charge in [0.15, 0.2) is 27.9 Å². The number of amides is 2. The first-order valence-electron chi connectivity index (χ1n) is 12.8. The first-order valence-corrected chi connectivity index (χ1v) is 16.5. The maximum absolute atomic E-state index is 13.1. The van der Waals surface area contributed by atoms with Crippen LogP contribution in [0.15, 0.2) is 44.5 Å². The van der Waals surface area contributed by atoms with Crippen molar-refractivity contribution in [3.8, 4) is 0 Å². The third kappa shape index (κ3) is 5.48. The molecule has 3 N–H and O–H groups in total. The molecule has 1 fully saturated rings. The minimum absolute atomic E-state index is 0.0389. The quantitative estimate of drug-likeness (QED) is 0.0993. The Kier molecular flexibility index (Phi) is 8.15. The fraction of sp³-hybridized carbons (Fsp3) is 0.360. The number of carbonyl (C=O) groups is 3. The van der Waals surface area contributed by atoms with Gasteiger partial charge in [-0.1, -0.05) is 16.9 Å². The number of carbonyl (C=O) groups excluding carboxylic acids is 3. The van der Waals surface area contributed by atoms with E-state index in [0.29, 0.717) is 23.6 Å². The lowest BCUT2D eigenvalue weighted by Gasteiger charge is -2.50. The Labute approximate surface area is 256 Å². The maximum Gasteiger partial charge on any atom is 0.278 e. The molecule has 3 aromatic heterocycles. The highest BCUT2D eigenvalue weighted by Crippen LogP contribution is 2.41. The summed E-state index contributed by atoms with van der Waals surface area (Å²) in [6.07, 6.45) is 5.43. The van der Waals surface area contributed by atoms with Gasteiger partial charge in [-0.3, -0.25) is 14.5 Å². The largest absolute Gasteiger partial charge is 0.543 e. The number of β-lactam (4-membered cyclic amide) rings is 1. The lowest BCUT2D eigenvalue weighted by molar-refractivity contribution is -0.695. The van der Waals surface area contributed by atoms with E-state index in [1.807, 2.05) is 5.38 Å². The number of aromatic nitrogens is 4. The summed E-state index contributed by atoms with van der Waals surface area (Å²) in [6.45, 7) is 0.683. The van der Waals surface area contributed by atoms with Gasteiger partial charge in [-0.2, -0.15) is 13.9 Å². The summed E-state index contributed by atoms with van der Waals surface area (Å²) in [4.78, 5) is 52.8. The summed E-state index contributed by atoms with van der Waals surface area (Å²) in [5, 5.41) is 20.0. The van der Waals surface area contributed by atoms with Gasteiger partial charge < -0.3 is 25.8 Å². The zero-order valence-corrected chi connectivity index (χ0v) is 25.4. The number of nitrogens with two attached hydrogens (primary N) is 1. The predicted molar refractivity (Wildman–Crippen MR) is 156 cm³/mol. The minimum atomic E-state index is -1.44. The highest BCUT2D eigenvalue weighted by Gasteiger charge is 2.53. The van der Waals surface area contributed by atoms with Crippen LogP contribution >= 0.6 is 46.4 Å². The predicted octanol–water partition coefficient (Wildman–Crippen LogP) is -0.0520. The van der Waals surface area contributed by atoms with Crippen molar-refractivity contribution in [3.05, 3.63) is 57.8 Å². The Hall–Kier alpha value is -3.54. The van der Waals surface area contributed by atoms with Gasteiger partial charge in [-0.15, -0.1) is 23.1 Å². The number of oxime groups is 1. The van der Waals surface area contributed by atoms with Gasteiger partial charge in [-0.25, -0.2) is 4.98 Å². The van der Waals surface area contributed by atoms with Crippen LogP contribution in [0.1, 0.15) is 29.2 Å². The molecule has 0 radical (unpaired) electrons. The fourth-order valence-electron chi connectivity index (χ4n) is 5.11. The molecule has 2 aliphatic heterocycles. The third-order valence-electron chi connectivity index (χ3n) is 6.95. The maximum atomic E-state index is 13.1.